The number of aliphatic hydroxyl groups excluding tert-OH is 1. The van der Waals surface area contributed by atoms with Crippen LogP contribution < -0.4 is 0 Å². The van der Waals surface area contributed by atoms with Crippen LogP contribution in [0.25, 0.3) is 22.8 Å². The Labute approximate surface area is 113 Å². The van der Waals surface area contributed by atoms with Crippen molar-refractivity contribution in [2.45, 2.75) is 6.61 Å². The topological polar surface area (TPSA) is 72.0 Å². The Bertz CT molecular complexity index is 743. The van der Waals surface area contributed by atoms with Gasteiger partial charge in [-0.25, -0.2) is 4.39 Å². The summed E-state index contributed by atoms with van der Waals surface area (Å²) < 4.78 is 18.7. The number of aromatic nitrogens is 3. The van der Waals surface area contributed by atoms with Crippen molar-refractivity contribution >= 4 is 0 Å². The third-order valence-corrected chi connectivity index (χ3v) is 2.80. The quantitative estimate of drug-likeness (QED) is 0.792. The van der Waals surface area contributed by atoms with Crippen LogP contribution in [0.15, 0.2) is 47.2 Å². The van der Waals surface area contributed by atoms with Gasteiger partial charge in [-0.2, -0.15) is 4.98 Å². The van der Waals surface area contributed by atoms with Crippen LogP contribution in [0, 0.1) is 5.82 Å². The molecule has 0 saturated heterocycles. The van der Waals surface area contributed by atoms with Crippen molar-refractivity contribution in [1.29, 1.82) is 0 Å². The number of halogens is 1. The molecule has 2 aromatic heterocycles. The molecule has 0 amide bonds. The molecule has 0 radical (unpaired) electrons. The third kappa shape index (κ3) is 2.28. The van der Waals surface area contributed by atoms with Crippen LogP contribution in [0.1, 0.15) is 5.56 Å². The molecule has 1 N–H and O–H groups in total. The molecular formula is C14H10FN3O2. The van der Waals surface area contributed by atoms with Crippen molar-refractivity contribution in [2.24, 2.45) is 0 Å². The van der Waals surface area contributed by atoms with Gasteiger partial charge in [0.15, 0.2) is 5.82 Å². The molecule has 0 bridgehead atoms. The van der Waals surface area contributed by atoms with E-state index in [4.69, 9.17) is 9.63 Å². The van der Waals surface area contributed by atoms with Gasteiger partial charge in [-0.3, -0.25) is 4.98 Å². The normalized spacial score (nSPS) is 10.7. The van der Waals surface area contributed by atoms with E-state index >= 15 is 0 Å². The highest BCUT2D eigenvalue weighted by molar-refractivity contribution is 5.60. The number of benzene rings is 1. The number of aliphatic hydroxyl groups is 1. The van der Waals surface area contributed by atoms with E-state index in [1.54, 1.807) is 24.3 Å². The Kier molecular flexibility index (Phi) is 3.22. The Hall–Kier alpha value is -2.60. The third-order valence-electron chi connectivity index (χ3n) is 2.80. The van der Waals surface area contributed by atoms with Crippen molar-refractivity contribution in [1.82, 2.24) is 15.1 Å². The number of rotatable bonds is 3. The van der Waals surface area contributed by atoms with Crippen LogP contribution in [0.4, 0.5) is 4.39 Å². The average Bonchev–Trinajstić information content (AvgIpc) is 2.97. The highest BCUT2D eigenvalue weighted by Crippen LogP contribution is 2.24. The molecule has 20 heavy (non-hydrogen) atoms. The summed E-state index contributed by atoms with van der Waals surface area (Å²) in [5.41, 5.74) is 1.64. The zero-order valence-corrected chi connectivity index (χ0v) is 10.3. The first-order valence-electron chi connectivity index (χ1n) is 5.91. The highest BCUT2D eigenvalue weighted by Gasteiger charge is 2.14. The molecule has 0 fully saturated rings. The summed E-state index contributed by atoms with van der Waals surface area (Å²) in [5.74, 6) is -0.0902. The minimum atomic E-state index is -0.521. The summed E-state index contributed by atoms with van der Waals surface area (Å²) in [5, 5.41) is 12.9. The van der Waals surface area contributed by atoms with Crippen molar-refractivity contribution in [3.8, 4) is 22.8 Å². The van der Waals surface area contributed by atoms with E-state index in [1.807, 2.05) is 0 Å². The SMILES string of the molecule is OCc1cccc(-c2noc(-c3ccncc3F)n2)c1. The van der Waals surface area contributed by atoms with Crippen LogP contribution in [0.2, 0.25) is 0 Å². The number of hydrogen-bond donors (Lipinski definition) is 1. The van der Waals surface area contributed by atoms with E-state index in [-0.39, 0.29) is 18.1 Å². The summed E-state index contributed by atoms with van der Waals surface area (Å²) in [6.07, 6.45) is 2.54. The van der Waals surface area contributed by atoms with Crippen LogP contribution in [-0.4, -0.2) is 20.2 Å². The van der Waals surface area contributed by atoms with Crippen molar-refractivity contribution in [3.63, 3.8) is 0 Å². The van der Waals surface area contributed by atoms with E-state index < -0.39 is 5.82 Å². The molecular weight excluding hydrogens is 261 g/mol. The zero-order valence-electron chi connectivity index (χ0n) is 10.3. The second-order valence-electron chi connectivity index (χ2n) is 4.14. The molecule has 2 heterocycles. The molecule has 6 heteroatoms. The molecule has 5 nitrogen and oxygen atoms in total. The molecule has 3 rings (SSSR count). The fraction of sp³-hybridized carbons (Fsp3) is 0.0714. The maximum absolute atomic E-state index is 13.6. The molecule has 0 unspecified atom stereocenters. The van der Waals surface area contributed by atoms with Gasteiger partial charge >= 0.3 is 0 Å². The highest BCUT2D eigenvalue weighted by atomic mass is 19.1. The second-order valence-corrected chi connectivity index (χ2v) is 4.14. The van der Waals surface area contributed by atoms with E-state index in [2.05, 4.69) is 15.1 Å². The fourth-order valence-electron chi connectivity index (χ4n) is 1.81. The molecule has 100 valence electrons. The Morgan fingerprint density at radius 3 is 2.95 bits per heavy atom. The minimum Gasteiger partial charge on any atom is -0.392 e. The maximum Gasteiger partial charge on any atom is 0.261 e. The van der Waals surface area contributed by atoms with E-state index in [0.29, 0.717) is 11.4 Å². The summed E-state index contributed by atoms with van der Waals surface area (Å²) >= 11 is 0. The van der Waals surface area contributed by atoms with Gasteiger partial charge in [0.05, 0.1) is 18.4 Å². The van der Waals surface area contributed by atoms with Gasteiger partial charge in [-0.05, 0) is 17.7 Å². The van der Waals surface area contributed by atoms with Gasteiger partial charge in [0.1, 0.15) is 0 Å². The second kappa shape index (κ2) is 5.18. The molecule has 0 aliphatic rings. The predicted octanol–water partition coefficient (Wildman–Crippen LogP) is 2.43. The monoisotopic (exact) mass is 271 g/mol. The molecule has 0 spiro atoms. The first kappa shape index (κ1) is 12.4. The van der Waals surface area contributed by atoms with Gasteiger partial charge in [0, 0.05) is 11.8 Å². The first-order chi connectivity index (χ1) is 9.78. The molecule has 3 aromatic rings. The summed E-state index contributed by atoms with van der Waals surface area (Å²) in [7, 11) is 0. The smallest absolute Gasteiger partial charge is 0.261 e. The lowest BCUT2D eigenvalue weighted by molar-refractivity contribution is 0.282. The minimum absolute atomic E-state index is 0.0719. The van der Waals surface area contributed by atoms with Crippen LogP contribution in [0.3, 0.4) is 0 Å². The van der Waals surface area contributed by atoms with E-state index in [9.17, 15) is 4.39 Å². The molecule has 0 atom stereocenters. The lowest BCUT2D eigenvalue weighted by atomic mass is 10.1. The van der Waals surface area contributed by atoms with Gasteiger partial charge in [0.2, 0.25) is 5.82 Å². The maximum atomic E-state index is 13.6. The lowest BCUT2D eigenvalue weighted by Crippen LogP contribution is -1.87. The van der Waals surface area contributed by atoms with Crippen LogP contribution >= 0.6 is 0 Å². The van der Waals surface area contributed by atoms with Gasteiger partial charge in [0.25, 0.3) is 5.89 Å². The van der Waals surface area contributed by atoms with Crippen molar-refractivity contribution < 1.29 is 14.0 Å². The average molecular weight is 271 g/mol. The van der Waals surface area contributed by atoms with E-state index in [1.165, 1.54) is 12.3 Å². The summed E-state index contributed by atoms with van der Waals surface area (Å²) in [6.45, 7) is -0.0719. The van der Waals surface area contributed by atoms with E-state index in [0.717, 1.165) is 11.8 Å². The predicted molar refractivity (Wildman–Crippen MR) is 68.8 cm³/mol. The molecule has 1 aromatic carbocycles. The van der Waals surface area contributed by atoms with Crippen molar-refractivity contribution in [2.75, 3.05) is 0 Å². The first-order valence-corrected chi connectivity index (χ1v) is 5.91. The molecule has 0 saturated carbocycles. The lowest BCUT2D eigenvalue weighted by Gasteiger charge is -1.98. The van der Waals surface area contributed by atoms with Crippen LogP contribution in [-0.2, 0) is 6.61 Å². The van der Waals surface area contributed by atoms with Gasteiger partial charge in [-0.15, -0.1) is 0 Å². The molecule has 0 aliphatic carbocycles. The number of nitrogens with zero attached hydrogens (tertiary/aromatic N) is 3. The Morgan fingerprint density at radius 2 is 2.15 bits per heavy atom. The summed E-state index contributed by atoms with van der Waals surface area (Å²) in [4.78, 5) is 7.83. The van der Waals surface area contributed by atoms with Crippen LogP contribution in [0.5, 0.6) is 0 Å². The largest absolute Gasteiger partial charge is 0.392 e. The number of hydrogen-bond acceptors (Lipinski definition) is 5. The van der Waals surface area contributed by atoms with Gasteiger partial charge < -0.3 is 9.63 Å². The number of pyridine rings is 1. The van der Waals surface area contributed by atoms with Gasteiger partial charge in [-0.1, -0.05) is 23.4 Å². The standard InChI is InChI=1S/C14H10FN3O2/c15-12-7-16-5-4-11(12)14-17-13(18-20-14)10-3-1-2-9(6-10)8-19/h1-7,19H,8H2. The summed E-state index contributed by atoms with van der Waals surface area (Å²) in [6, 6.07) is 8.57. The zero-order chi connectivity index (χ0) is 13.9. The Balaban J connectivity index is 2.00. The Morgan fingerprint density at radius 1 is 1.25 bits per heavy atom. The molecule has 0 aliphatic heterocycles. The van der Waals surface area contributed by atoms with Crippen molar-refractivity contribution in [3.05, 3.63) is 54.1 Å². The fourth-order valence-corrected chi connectivity index (χ4v) is 1.81.